The van der Waals surface area contributed by atoms with Crippen LogP contribution in [0.1, 0.15) is 23.2 Å². The van der Waals surface area contributed by atoms with Crippen LogP contribution in [-0.2, 0) is 4.74 Å². The van der Waals surface area contributed by atoms with Gasteiger partial charge in [-0.05, 0) is 31.0 Å². The number of rotatable bonds is 9. The Labute approximate surface area is 166 Å². The maximum absolute atomic E-state index is 12.1. The van der Waals surface area contributed by atoms with E-state index < -0.39 is 0 Å². The summed E-state index contributed by atoms with van der Waals surface area (Å²) in [5.74, 6) is 1.32. The Hall–Kier alpha value is -1.55. The fraction of sp³-hybridized carbons (Fsp3) is 0.529. The number of aliphatic imine (C=N–C) groups is 1. The lowest BCUT2D eigenvalue weighted by molar-refractivity contribution is 0.0954. The number of benzene rings is 1. The van der Waals surface area contributed by atoms with Crippen molar-refractivity contribution in [2.24, 2.45) is 4.99 Å². The van der Waals surface area contributed by atoms with Crippen LogP contribution in [0.2, 0.25) is 0 Å². The highest BCUT2D eigenvalue weighted by atomic mass is 127. The van der Waals surface area contributed by atoms with Gasteiger partial charge >= 0.3 is 0 Å². The molecule has 0 aliphatic heterocycles. The third kappa shape index (κ3) is 8.39. The molecule has 0 bridgehead atoms. The van der Waals surface area contributed by atoms with Gasteiger partial charge in [-0.15, -0.1) is 24.0 Å². The summed E-state index contributed by atoms with van der Waals surface area (Å²) in [5.41, 5.74) is 0.583. The third-order valence-corrected chi connectivity index (χ3v) is 3.52. The lowest BCUT2D eigenvalue weighted by atomic mass is 10.2. The van der Waals surface area contributed by atoms with Crippen LogP contribution in [-0.4, -0.2) is 58.4 Å². The predicted molar refractivity (Wildman–Crippen MR) is 109 cm³/mol. The largest absolute Gasteiger partial charge is 0.497 e. The molecule has 1 aromatic rings. The Morgan fingerprint density at radius 1 is 1.24 bits per heavy atom. The Kier molecular flexibility index (Phi) is 10.2. The molecule has 1 fully saturated rings. The Balaban J connectivity index is 0.00000312. The van der Waals surface area contributed by atoms with Crippen LogP contribution in [0.25, 0.3) is 0 Å². The van der Waals surface area contributed by atoms with Crippen LogP contribution in [0, 0.1) is 0 Å². The minimum Gasteiger partial charge on any atom is -0.497 e. The lowest BCUT2D eigenvalue weighted by Crippen LogP contribution is -2.42. The second kappa shape index (κ2) is 11.9. The van der Waals surface area contributed by atoms with Crippen molar-refractivity contribution in [3.63, 3.8) is 0 Å². The molecular weight excluding hydrogens is 435 g/mol. The second-order valence-electron chi connectivity index (χ2n) is 5.56. The first kappa shape index (κ1) is 21.5. The number of nitrogens with zero attached hydrogens (tertiary/aromatic N) is 1. The number of guanidine groups is 1. The number of carbonyl (C=O) groups excluding carboxylic acids is 1. The zero-order valence-electron chi connectivity index (χ0n) is 14.7. The van der Waals surface area contributed by atoms with Crippen molar-refractivity contribution >= 4 is 35.8 Å². The maximum atomic E-state index is 12.1. The van der Waals surface area contributed by atoms with Gasteiger partial charge in [0.2, 0.25) is 0 Å². The summed E-state index contributed by atoms with van der Waals surface area (Å²) < 4.78 is 10.1. The molecule has 1 aromatic carbocycles. The first-order chi connectivity index (χ1) is 11.7. The van der Waals surface area contributed by atoms with E-state index in [1.807, 2.05) is 6.07 Å². The van der Waals surface area contributed by atoms with Crippen LogP contribution >= 0.6 is 24.0 Å². The van der Waals surface area contributed by atoms with Gasteiger partial charge in [-0.25, -0.2) is 0 Å². The molecule has 8 heteroatoms. The summed E-state index contributed by atoms with van der Waals surface area (Å²) in [6.07, 6.45) is 2.36. The Bertz CT molecular complexity index is 565. The zero-order valence-corrected chi connectivity index (χ0v) is 17.0. The van der Waals surface area contributed by atoms with Gasteiger partial charge in [0.25, 0.3) is 5.91 Å². The van der Waals surface area contributed by atoms with E-state index in [9.17, 15) is 4.79 Å². The molecule has 0 atom stereocenters. The van der Waals surface area contributed by atoms with E-state index in [-0.39, 0.29) is 29.9 Å². The molecule has 1 amide bonds. The van der Waals surface area contributed by atoms with Crippen LogP contribution in [0.4, 0.5) is 0 Å². The average molecular weight is 462 g/mol. The van der Waals surface area contributed by atoms with E-state index in [0.29, 0.717) is 43.6 Å². The number of hydrogen-bond donors (Lipinski definition) is 3. The van der Waals surface area contributed by atoms with E-state index in [1.165, 1.54) is 12.8 Å². The minimum atomic E-state index is -0.122. The van der Waals surface area contributed by atoms with Crippen LogP contribution in [0.3, 0.4) is 0 Å². The van der Waals surface area contributed by atoms with E-state index in [1.54, 1.807) is 32.4 Å². The number of carbonyl (C=O) groups is 1. The molecule has 1 aliphatic carbocycles. The summed E-state index contributed by atoms with van der Waals surface area (Å²) in [6.45, 7) is 2.30. The topological polar surface area (TPSA) is 84.0 Å². The van der Waals surface area contributed by atoms with Gasteiger partial charge in [-0.1, -0.05) is 6.07 Å². The number of hydrogen-bond acceptors (Lipinski definition) is 4. The van der Waals surface area contributed by atoms with E-state index in [2.05, 4.69) is 20.9 Å². The molecular formula is C17H27IN4O3. The van der Waals surface area contributed by atoms with Crippen LogP contribution < -0.4 is 20.7 Å². The van der Waals surface area contributed by atoms with Crippen molar-refractivity contribution in [3.05, 3.63) is 29.8 Å². The highest BCUT2D eigenvalue weighted by molar-refractivity contribution is 14.0. The molecule has 0 saturated heterocycles. The third-order valence-electron chi connectivity index (χ3n) is 3.52. The number of halogens is 1. The monoisotopic (exact) mass is 462 g/mol. The summed E-state index contributed by atoms with van der Waals surface area (Å²) in [5, 5.41) is 9.44. The molecule has 1 aliphatic rings. The number of amides is 1. The van der Waals surface area contributed by atoms with Gasteiger partial charge < -0.3 is 25.4 Å². The fourth-order valence-corrected chi connectivity index (χ4v) is 2.05. The number of methoxy groups -OCH3 is 2. The van der Waals surface area contributed by atoms with Crippen LogP contribution in [0.15, 0.2) is 29.3 Å². The van der Waals surface area contributed by atoms with Gasteiger partial charge in [0, 0.05) is 31.8 Å². The Morgan fingerprint density at radius 2 is 2.00 bits per heavy atom. The lowest BCUT2D eigenvalue weighted by Gasteiger charge is -2.12. The van der Waals surface area contributed by atoms with E-state index >= 15 is 0 Å². The highest BCUT2D eigenvalue weighted by Crippen LogP contribution is 2.18. The van der Waals surface area contributed by atoms with Crippen LogP contribution in [0.5, 0.6) is 5.75 Å². The van der Waals surface area contributed by atoms with Gasteiger partial charge in [0.05, 0.1) is 20.3 Å². The van der Waals surface area contributed by atoms with Crippen molar-refractivity contribution in [1.82, 2.24) is 16.0 Å². The molecule has 3 N–H and O–H groups in total. The molecule has 2 rings (SSSR count). The molecule has 0 radical (unpaired) electrons. The molecule has 0 unspecified atom stereocenters. The SMILES string of the molecule is COCCN=C(NCCNC(=O)c1cccc(OC)c1)NC1CC1.I. The quantitative estimate of drug-likeness (QED) is 0.224. The predicted octanol–water partition coefficient (Wildman–Crippen LogP) is 1.39. The van der Waals surface area contributed by atoms with Crippen molar-refractivity contribution in [2.45, 2.75) is 18.9 Å². The van der Waals surface area contributed by atoms with Crippen molar-refractivity contribution < 1.29 is 14.3 Å². The van der Waals surface area contributed by atoms with E-state index in [0.717, 1.165) is 5.96 Å². The highest BCUT2D eigenvalue weighted by Gasteiger charge is 2.22. The fourth-order valence-electron chi connectivity index (χ4n) is 2.05. The van der Waals surface area contributed by atoms with Crippen molar-refractivity contribution in [1.29, 1.82) is 0 Å². The first-order valence-corrected chi connectivity index (χ1v) is 8.19. The van der Waals surface area contributed by atoms with Crippen molar-refractivity contribution in [2.75, 3.05) is 40.5 Å². The zero-order chi connectivity index (χ0) is 17.2. The standard InChI is InChI=1S/C17H26N4O3.HI/c1-23-11-10-20-17(21-14-6-7-14)19-9-8-18-16(22)13-4-3-5-15(12-13)24-2;/h3-5,12,14H,6-11H2,1-2H3,(H,18,22)(H2,19,20,21);1H. The van der Waals surface area contributed by atoms with Gasteiger partial charge in [-0.2, -0.15) is 0 Å². The summed E-state index contributed by atoms with van der Waals surface area (Å²) >= 11 is 0. The Morgan fingerprint density at radius 3 is 2.68 bits per heavy atom. The molecule has 25 heavy (non-hydrogen) atoms. The van der Waals surface area contributed by atoms with Gasteiger partial charge in [0.15, 0.2) is 5.96 Å². The smallest absolute Gasteiger partial charge is 0.251 e. The maximum Gasteiger partial charge on any atom is 0.251 e. The average Bonchev–Trinajstić information content (AvgIpc) is 3.42. The summed E-state index contributed by atoms with van der Waals surface area (Å²) in [6, 6.07) is 7.61. The van der Waals surface area contributed by atoms with E-state index in [4.69, 9.17) is 9.47 Å². The molecule has 0 spiro atoms. The van der Waals surface area contributed by atoms with Gasteiger partial charge in [0.1, 0.15) is 5.75 Å². The summed E-state index contributed by atoms with van der Waals surface area (Å²) in [4.78, 5) is 16.5. The van der Waals surface area contributed by atoms with Gasteiger partial charge in [-0.3, -0.25) is 9.79 Å². The number of ether oxygens (including phenoxy) is 2. The molecule has 7 nitrogen and oxygen atoms in total. The summed E-state index contributed by atoms with van der Waals surface area (Å²) in [7, 11) is 3.24. The second-order valence-corrected chi connectivity index (χ2v) is 5.56. The van der Waals surface area contributed by atoms with Crippen molar-refractivity contribution in [3.8, 4) is 5.75 Å². The normalized spacial score (nSPS) is 13.6. The molecule has 140 valence electrons. The molecule has 1 saturated carbocycles. The number of nitrogens with one attached hydrogen (secondary N) is 3. The molecule has 0 heterocycles. The minimum absolute atomic E-state index is 0. The molecule has 0 aromatic heterocycles. The first-order valence-electron chi connectivity index (χ1n) is 8.19.